The van der Waals surface area contributed by atoms with Crippen LogP contribution in [0.3, 0.4) is 0 Å². The van der Waals surface area contributed by atoms with Crippen LogP contribution in [0.1, 0.15) is 18.4 Å². The van der Waals surface area contributed by atoms with Gasteiger partial charge in [0.05, 0.1) is 27.9 Å². The quantitative estimate of drug-likeness (QED) is 0.198. The fraction of sp³-hybridized carbons (Fsp3) is 0.0455. The van der Waals surface area contributed by atoms with Gasteiger partial charge < -0.3 is 8.98 Å². The number of rotatable bonds is 4. The molecule has 1 aliphatic carbocycles. The van der Waals surface area contributed by atoms with Crippen LogP contribution < -0.4 is 0 Å². The Labute approximate surface area is 276 Å². The number of hydrogen-bond acceptors (Lipinski definition) is 3. The summed E-state index contributed by atoms with van der Waals surface area (Å²) < 4.78 is 9.23. The van der Waals surface area contributed by atoms with Crippen LogP contribution in [-0.2, 0) is 0 Å². The molecule has 3 aromatic heterocycles. The molecule has 226 valence electrons. The zero-order valence-electron chi connectivity index (χ0n) is 26.1. The van der Waals surface area contributed by atoms with Gasteiger partial charge in [-0.05, 0) is 54.3 Å². The number of benzene rings is 6. The number of fused-ring (bicyclic) bond motifs is 7. The zero-order chi connectivity index (χ0) is 31.6. The third-order valence-electron chi connectivity index (χ3n) is 9.64. The first-order valence-electron chi connectivity index (χ1n) is 16.5. The molecule has 9 aromatic rings. The molecular weight excluding hydrogens is 587 g/mol. The molecule has 10 rings (SSSR count). The van der Waals surface area contributed by atoms with E-state index < -0.39 is 0 Å². The molecule has 0 atom stereocenters. The molecule has 0 saturated carbocycles. The Balaban J connectivity index is 1.25. The van der Waals surface area contributed by atoms with E-state index >= 15 is 0 Å². The molecule has 0 fully saturated rings. The lowest BCUT2D eigenvalue weighted by molar-refractivity contribution is 0.666. The highest BCUT2D eigenvalue weighted by Crippen LogP contribution is 2.42. The van der Waals surface area contributed by atoms with Crippen molar-refractivity contribution in [3.05, 3.63) is 157 Å². The van der Waals surface area contributed by atoms with Gasteiger partial charge in [0, 0.05) is 38.1 Å². The van der Waals surface area contributed by atoms with Gasteiger partial charge in [0.15, 0.2) is 11.4 Å². The van der Waals surface area contributed by atoms with Crippen molar-refractivity contribution in [3.63, 3.8) is 0 Å². The smallest absolute Gasteiger partial charge is 0.160 e. The van der Waals surface area contributed by atoms with Gasteiger partial charge in [-0.2, -0.15) is 0 Å². The fourth-order valence-electron chi connectivity index (χ4n) is 7.44. The minimum atomic E-state index is 0.707. The first-order chi connectivity index (χ1) is 23.8. The molecule has 6 aromatic carbocycles. The number of nitrogens with zero attached hydrogens (tertiary/aromatic N) is 3. The molecule has 0 aliphatic heterocycles. The van der Waals surface area contributed by atoms with E-state index in [4.69, 9.17) is 14.4 Å². The van der Waals surface area contributed by atoms with Crippen molar-refractivity contribution < 1.29 is 4.42 Å². The van der Waals surface area contributed by atoms with Gasteiger partial charge in [-0.1, -0.05) is 121 Å². The fourth-order valence-corrected chi connectivity index (χ4v) is 7.44. The van der Waals surface area contributed by atoms with Crippen molar-refractivity contribution in [2.75, 3.05) is 0 Å². The second-order valence-corrected chi connectivity index (χ2v) is 12.4. The van der Waals surface area contributed by atoms with Gasteiger partial charge in [0.1, 0.15) is 5.58 Å². The summed E-state index contributed by atoms with van der Waals surface area (Å²) in [6.07, 6.45) is 9.03. The largest absolute Gasteiger partial charge is 0.454 e. The maximum absolute atomic E-state index is 6.85. The van der Waals surface area contributed by atoms with Crippen LogP contribution in [0.25, 0.3) is 88.6 Å². The van der Waals surface area contributed by atoms with Crippen LogP contribution in [0.15, 0.2) is 156 Å². The van der Waals surface area contributed by atoms with Crippen molar-refractivity contribution in [1.29, 1.82) is 0 Å². The summed E-state index contributed by atoms with van der Waals surface area (Å²) in [6.45, 7) is 0. The molecule has 48 heavy (non-hydrogen) atoms. The molecule has 0 amide bonds. The first-order valence-corrected chi connectivity index (χ1v) is 16.5. The average Bonchev–Trinajstić information content (AvgIpc) is 3.71. The summed E-state index contributed by atoms with van der Waals surface area (Å²) in [6, 6.07) is 46.8. The Morgan fingerprint density at radius 1 is 0.583 bits per heavy atom. The Hall–Kier alpha value is -6.26. The third-order valence-corrected chi connectivity index (χ3v) is 9.64. The summed E-state index contributed by atoms with van der Waals surface area (Å²) in [4.78, 5) is 10.2. The van der Waals surface area contributed by atoms with E-state index in [1.165, 1.54) is 21.9 Å². The van der Waals surface area contributed by atoms with Crippen molar-refractivity contribution in [2.24, 2.45) is 0 Å². The molecule has 0 radical (unpaired) electrons. The zero-order valence-corrected chi connectivity index (χ0v) is 26.1. The molecule has 0 N–H and O–H groups in total. The minimum Gasteiger partial charge on any atom is -0.454 e. The Bertz CT molecular complexity index is 2780. The Morgan fingerprint density at radius 3 is 2.27 bits per heavy atom. The normalized spacial score (nSPS) is 13.3. The standard InChI is InChI=1S/C44H29N3O/c1-3-13-28(14-4-1)30-25-26-32-31-17-8-10-22-37(31)47(39(32)27-30)38-23-11-20-35-41-34(19-12-24-40(41)48-43(35)38)42-33-18-7-9-21-36(33)45-44(46-42)29-15-5-2-6-16-29/h2-3,5-27H,1,4H2. The topological polar surface area (TPSA) is 43.9 Å². The summed E-state index contributed by atoms with van der Waals surface area (Å²) >= 11 is 0. The summed E-state index contributed by atoms with van der Waals surface area (Å²) in [5.41, 5.74) is 11.3. The maximum atomic E-state index is 6.85. The van der Waals surface area contributed by atoms with E-state index in [9.17, 15) is 0 Å². The molecule has 0 unspecified atom stereocenters. The lowest BCUT2D eigenvalue weighted by atomic mass is 9.98. The average molecular weight is 616 g/mol. The lowest BCUT2D eigenvalue weighted by Crippen LogP contribution is -1.96. The van der Waals surface area contributed by atoms with Crippen molar-refractivity contribution >= 4 is 60.2 Å². The van der Waals surface area contributed by atoms with Crippen LogP contribution in [-0.4, -0.2) is 14.5 Å². The maximum Gasteiger partial charge on any atom is 0.160 e. The van der Waals surface area contributed by atoms with E-state index in [1.807, 2.05) is 24.3 Å². The van der Waals surface area contributed by atoms with E-state index in [1.54, 1.807) is 0 Å². The molecular formula is C44H29N3O. The Kier molecular flexibility index (Phi) is 5.97. The van der Waals surface area contributed by atoms with E-state index in [-0.39, 0.29) is 0 Å². The molecule has 3 heterocycles. The van der Waals surface area contributed by atoms with Gasteiger partial charge in [0.25, 0.3) is 0 Å². The van der Waals surface area contributed by atoms with Crippen LogP contribution in [0.4, 0.5) is 0 Å². The monoisotopic (exact) mass is 615 g/mol. The van der Waals surface area contributed by atoms with Gasteiger partial charge in [0.2, 0.25) is 0 Å². The number of para-hydroxylation sites is 3. The first kappa shape index (κ1) is 26.9. The molecule has 0 bridgehead atoms. The summed E-state index contributed by atoms with van der Waals surface area (Å²) in [5, 5.41) is 5.57. The number of aromatic nitrogens is 3. The number of furan rings is 1. The molecule has 0 spiro atoms. The molecule has 4 heteroatoms. The lowest BCUT2D eigenvalue weighted by Gasteiger charge is -2.11. The summed E-state index contributed by atoms with van der Waals surface area (Å²) in [7, 11) is 0. The van der Waals surface area contributed by atoms with Gasteiger partial charge in [-0.15, -0.1) is 0 Å². The van der Waals surface area contributed by atoms with Crippen LogP contribution in [0, 0.1) is 0 Å². The molecule has 4 nitrogen and oxygen atoms in total. The predicted octanol–water partition coefficient (Wildman–Crippen LogP) is 11.7. The molecule has 1 aliphatic rings. The molecule has 0 saturated heterocycles. The van der Waals surface area contributed by atoms with Crippen molar-refractivity contribution in [1.82, 2.24) is 14.5 Å². The van der Waals surface area contributed by atoms with Crippen LogP contribution in [0.5, 0.6) is 0 Å². The number of allylic oxidation sites excluding steroid dienone is 4. The van der Waals surface area contributed by atoms with Crippen LogP contribution >= 0.6 is 0 Å². The highest BCUT2D eigenvalue weighted by atomic mass is 16.3. The highest BCUT2D eigenvalue weighted by Gasteiger charge is 2.21. The highest BCUT2D eigenvalue weighted by molar-refractivity contribution is 6.17. The van der Waals surface area contributed by atoms with Gasteiger partial charge in [-0.25, -0.2) is 9.97 Å². The second kappa shape index (κ2) is 10.6. The van der Waals surface area contributed by atoms with Gasteiger partial charge >= 0.3 is 0 Å². The van der Waals surface area contributed by atoms with E-state index in [2.05, 4.69) is 132 Å². The van der Waals surface area contributed by atoms with Crippen molar-refractivity contribution in [2.45, 2.75) is 12.8 Å². The van der Waals surface area contributed by atoms with Crippen LogP contribution in [0.2, 0.25) is 0 Å². The van der Waals surface area contributed by atoms with Gasteiger partial charge in [-0.3, -0.25) is 0 Å². The predicted molar refractivity (Wildman–Crippen MR) is 198 cm³/mol. The minimum absolute atomic E-state index is 0.707. The SMILES string of the molecule is C1=CC(c2ccc3c4ccccc4n(-c4cccc5c4oc4cccc(-c6nc(-c7ccccc7)nc7ccccc67)c45)c3c2)=CCC1. The Morgan fingerprint density at radius 2 is 1.38 bits per heavy atom. The van der Waals surface area contributed by atoms with Crippen molar-refractivity contribution in [3.8, 4) is 28.3 Å². The van der Waals surface area contributed by atoms with E-state index in [0.717, 1.165) is 79.2 Å². The van der Waals surface area contributed by atoms with E-state index in [0.29, 0.717) is 5.82 Å². The summed E-state index contributed by atoms with van der Waals surface area (Å²) in [5.74, 6) is 0.707. The third kappa shape index (κ3) is 4.09. The second-order valence-electron chi connectivity index (χ2n) is 12.4. The number of hydrogen-bond donors (Lipinski definition) is 0.